The summed E-state index contributed by atoms with van der Waals surface area (Å²) in [6.45, 7) is 0.688. The van der Waals surface area contributed by atoms with Gasteiger partial charge >= 0.3 is 17.8 Å². The molecular formula is C18H18F5N5O2. The minimum absolute atomic E-state index is 0.186. The summed E-state index contributed by atoms with van der Waals surface area (Å²) in [6, 6.07) is 0.778. The third-order valence-electron chi connectivity index (χ3n) is 5.39. The third kappa shape index (κ3) is 3.58. The molecule has 30 heavy (non-hydrogen) atoms. The highest BCUT2D eigenvalue weighted by Gasteiger charge is 2.47. The van der Waals surface area contributed by atoms with E-state index >= 15 is 0 Å². The van der Waals surface area contributed by atoms with Gasteiger partial charge in [0.25, 0.3) is 0 Å². The number of likely N-dealkylation sites (tertiary alicyclic amines) is 1. The lowest BCUT2D eigenvalue weighted by molar-refractivity contribution is -0.141. The van der Waals surface area contributed by atoms with Crippen LogP contribution in [-0.2, 0) is 23.4 Å². The second-order valence-electron chi connectivity index (χ2n) is 7.47. The van der Waals surface area contributed by atoms with E-state index in [1.807, 2.05) is 0 Å². The van der Waals surface area contributed by atoms with Crippen molar-refractivity contribution in [1.29, 1.82) is 0 Å². The molecule has 2 aliphatic rings. The molecule has 4 heterocycles. The van der Waals surface area contributed by atoms with Gasteiger partial charge in [-0.1, -0.05) is 6.07 Å². The molecule has 0 saturated carbocycles. The van der Waals surface area contributed by atoms with E-state index in [-0.39, 0.29) is 24.4 Å². The van der Waals surface area contributed by atoms with Crippen LogP contribution in [0.1, 0.15) is 48.8 Å². The van der Waals surface area contributed by atoms with Crippen LogP contribution in [0.5, 0.6) is 0 Å². The number of nitrogens with zero attached hydrogens (tertiary/aromatic N) is 5. The van der Waals surface area contributed by atoms with Crippen molar-refractivity contribution in [3.8, 4) is 0 Å². The molecule has 0 bridgehead atoms. The highest BCUT2D eigenvalue weighted by molar-refractivity contribution is 5.81. The summed E-state index contributed by atoms with van der Waals surface area (Å²) in [7, 11) is 0. The number of hydrogen-bond donors (Lipinski definition) is 0. The second-order valence-corrected chi connectivity index (χ2v) is 7.47. The van der Waals surface area contributed by atoms with Crippen molar-refractivity contribution in [2.75, 3.05) is 13.1 Å². The molecule has 7 nitrogen and oxygen atoms in total. The first-order chi connectivity index (χ1) is 14.1. The molecule has 2 aliphatic heterocycles. The summed E-state index contributed by atoms with van der Waals surface area (Å²) in [5, 5.41) is 3.73. The highest BCUT2D eigenvalue weighted by atomic mass is 19.4. The molecule has 2 aromatic heterocycles. The van der Waals surface area contributed by atoms with E-state index < -0.39 is 41.8 Å². The number of aromatic nitrogens is 4. The lowest BCUT2D eigenvalue weighted by Gasteiger charge is -2.30. The lowest BCUT2D eigenvalue weighted by Crippen LogP contribution is -2.44. The van der Waals surface area contributed by atoms with E-state index in [1.54, 1.807) is 4.90 Å². The molecule has 0 aliphatic carbocycles. The van der Waals surface area contributed by atoms with Crippen LogP contribution in [-0.4, -0.2) is 43.2 Å². The molecule has 0 spiro atoms. The molecule has 1 atom stereocenters. The van der Waals surface area contributed by atoms with Crippen molar-refractivity contribution in [1.82, 2.24) is 24.2 Å². The number of amides is 1. The van der Waals surface area contributed by atoms with E-state index in [9.17, 15) is 31.5 Å². The predicted octanol–water partition coefficient (Wildman–Crippen LogP) is 2.56. The van der Waals surface area contributed by atoms with Gasteiger partial charge in [-0.15, -0.1) is 5.10 Å². The zero-order chi connectivity index (χ0) is 21.7. The molecule has 1 saturated heterocycles. The van der Waals surface area contributed by atoms with Gasteiger partial charge in [-0.3, -0.25) is 14.3 Å². The minimum Gasteiger partial charge on any atom is -0.341 e. The normalized spacial score (nSPS) is 21.0. The number of carbonyl (C=O) groups is 1. The molecule has 0 unspecified atom stereocenters. The molecule has 12 heteroatoms. The molecule has 2 aromatic rings. The zero-order valence-electron chi connectivity index (χ0n) is 15.7. The number of fused-ring (bicyclic) bond motifs is 1. The van der Waals surface area contributed by atoms with Crippen LogP contribution >= 0.6 is 0 Å². The summed E-state index contributed by atoms with van der Waals surface area (Å²) in [5.74, 6) is -4.57. The Bertz CT molecular complexity index is 1010. The van der Waals surface area contributed by atoms with Gasteiger partial charge in [0.05, 0.1) is 6.54 Å². The minimum atomic E-state index is -4.62. The Balaban J connectivity index is 1.67. The molecule has 0 aromatic carbocycles. The number of hydrogen-bond acceptors (Lipinski definition) is 4. The fourth-order valence-corrected chi connectivity index (χ4v) is 3.85. The second kappa shape index (κ2) is 7.17. The Morgan fingerprint density at radius 2 is 1.90 bits per heavy atom. The first kappa shape index (κ1) is 20.5. The Morgan fingerprint density at radius 1 is 1.20 bits per heavy atom. The highest BCUT2D eigenvalue weighted by Crippen LogP contribution is 2.40. The van der Waals surface area contributed by atoms with Gasteiger partial charge < -0.3 is 4.90 Å². The van der Waals surface area contributed by atoms with Crippen LogP contribution in [0, 0.1) is 0 Å². The summed E-state index contributed by atoms with van der Waals surface area (Å²) in [6.07, 6.45) is -2.88. The number of alkyl halides is 5. The Hall–Kier alpha value is -2.79. The Kier molecular flexibility index (Phi) is 4.89. The van der Waals surface area contributed by atoms with Crippen LogP contribution in [0.2, 0.25) is 0 Å². The fourth-order valence-electron chi connectivity index (χ4n) is 3.85. The van der Waals surface area contributed by atoms with E-state index in [2.05, 4.69) is 10.1 Å². The van der Waals surface area contributed by atoms with E-state index in [4.69, 9.17) is 0 Å². The van der Waals surface area contributed by atoms with Crippen molar-refractivity contribution >= 4 is 5.91 Å². The maximum absolute atomic E-state index is 14.4. The van der Waals surface area contributed by atoms with Gasteiger partial charge in [-0.05, 0) is 30.9 Å². The molecule has 0 radical (unpaired) electrons. The van der Waals surface area contributed by atoms with Crippen molar-refractivity contribution in [3.05, 3.63) is 45.9 Å². The van der Waals surface area contributed by atoms with E-state index in [0.29, 0.717) is 13.1 Å². The third-order valence-corrected chi connectivity index (χ3v) is 5.39. The van der Waals surface area contributed by atoms with Crippen LogP contribution in [0.3, 0.4) is 0 Å². The smallest absolute Gasteiger partial charge is 0.341 e. The first-order valence-corrected chi connectivity index (χ1v) is 9.46. The summed E-state index contributed by atoms with van der Waals surface area (Å²) in [4.78, 5) is 30.5. The quantitative estimate of drug-likeness (QED) is 0.701. The lowest BCUT2D eigenvalue weighted by atomic mass is 10.0. The number of rotatable bonds is 3. The van der Waals surface area contributed by atoms with Gasteiger partial charge in [0.2, 0.25) is 11.7 Å². The van der Waals surface area contributed by atoms with Crippen LogP contribution < -0.4 is 5.69 Å². The van der Waals surface area contributed by atoms with Gasteiger partial charge in [-0.2, -0.15) is 22.0 Å². The Morgan fingerprint density at radius 3 is 2.50 bits per heavy atom. The largest absolute Gasteiger partial charge is 0.433 e. The fraction of sp³-hybridized carbons (Fsp3) is 0.556. The van der Waals surface area contributed by atoms with E-state index in [0.717, 1.165) is 40.4 Å². The Labute approximate surface area is 167 Å². The summed E-state index contributed by atoms with van der Waals surface area (Å²) in [5.41, 5.74) is -1.82. The first-order valence-electron chi connectivity index (χ1n) is 9.46. The maximum Gasteiger partial charge on any atom is 0.433 e. The van der Waals surface area contributed by atoms with Crippen molar-refractivity contribution in [2.45, 2.75) is 50.4 Å². The molecule has 162 valence electrons. The molecule has 1 fully saturated rings. The average Bonchev–Trinajstić information content (AvgIpc) is 3.32. The van der Waals surface area contributed by atoms with Gasteiger partial charge in [0.1, 0.15) is 11.7 Å². The van der Waals surface area contributed by atoms with Crippen LogP contribution in [0.4, 0.5) is 22.0 Å². The van der Waals surface area contributed by atoms with Crippen molar-refractivity contribution in [3.63, 3.8) is 0 Å². The van der Waals surface area contributed by atoms with Crippen molar-refractivity contribution < 1.29 is 26.7 Å². The maximum atomic E-state index is 14.4. The monoisotopic (exact) mass is 431 g/mol. The summed E-state index contributed by atoms with van der Waals surface area (Å²) < 4.78 is 68.3. The topological polar surface area (TPSA) is 73.0 Å². The standard InChI is InChI=1S/C18H18F5N5O2/c19-17(20)6-5-12(14(29)26-7-1-2-8-26)28-15(17)25-27(16(28)30)10-11-3-4-13(24-9-11)18(21,22)23/h3-4,9,12H,1-2,5-8,10H2/t12-/m0/s1. The molecule has 4 rings (SSSR count). The van der Waals surface area contributed by atoms with Gasteiger partial charge in [0.15, 0.2) is 0 Å². The average molecular weight is 431 g/mol. The predicted molar refractivity (Wildman–Crippen MR) is 92.8 cm³/mol. The van der Waals surface area contributed by atoms with Crippen LogP contribution in [0.15, 0.2) is 23.1 Å². The SMILES string of the molecule is O=C([C@@H]1CCC(F)(F)c2nn(Cc3ccc(C(F)(F)F)nc3)c(=O)n21)N1CCCC1. The summed E-state index contributed by atoms with van der Waals surface area (Å²) >= 11 is 0. The molecule has 1 amide bonds. The zero-order valence-corrected chi connectivity index (χ0v) is 15.7. The van der Waals surface area contributed by atoms with Gasteiger partial charge in [-0.25, -0.2) is 9.48 Å². The van der Waals surface area contributed by atoms with Gasteiger partial charge in [0, 0.05) is 25.7 Å². The van der Waals surface area contributed by atoms with Crippen LogP contribution in [0.25, 0.3) is 0 Å². The molecular weight excluding hydrogens is 413 g/mol. The number of pyridine rings is 1. The number of halogens is 5. The number of carbonyl (C=O) groups excluding carboxylic acids is 1. The molecule has 0 N–H and O–H groups in total. The van der Waals surface area contributed by atoms with E-state index in [1.165, 1.54) is 0 Å². The van der Waals surface area contributed by atoms with Crippen molar-refractivity contribution in [2.24, 2.45) is 0 Å².